The van der Waals surface area contributed by atoms with Crippen molar-refractivity contribution in [2.75, 3.05) is 37.9 Å². The topological polar surface area (TPSA) is 88.1 Å². The van der Waals surface area contributed by atoms with Crippen molar-refractivity contribution in [1.29, 1.82) is 0 Å². The SMILES string of the molecule is CCOC(=O)CBr.CCOC(=O)CP(=O)(OCC)OCC. The molecule has 0 fully saturated rings. The first-order valence-electron chi connectivity index (χ1n) is 6.64. The minimum atomic E-state index is -3.28. The second kappa shape index (κ2) is 14.5. The molecule has 0 saturated carbocycles. The van der Waals surface area contributed by atoms with Crippen molar-refractivity contribution in [2.45, 2.75) is 27.7 Å². The van der Waals surface area contributed by atoms with E-state index < -0.39 is 13.6 Å². The molecule has 0 aliphatic rings. The van der Waals surface area contributed by atoms with E-state index in [0.29, 0.717) is 11.9 Å². The van der Waals surface area contributed by atoms with E-state index in [1.54, 1.807) is 27.7 Å². The zero-order chi connectivity index (χ0) is 16.7. The lowest BCUT2D eigenvalue weighted by Crippen LogP contribution is -2.12. The van der Waals surface area contributed by atoms with Crippen LogP contribution in [0.25, 0.3) is 0 Å². The van der Waals surface area contributed by atoms with Crippen molar-refractivity contribution in [2.24, 2.45) is 0 Å². The van der Waals surface area contributed by atoms with Crippen LogP contribution in [-0.4, -0.2) is 49.9 Å². The van der Waals surface area contributed by atoms with E-state index in [0.717, 1.165) is 0 Å². The third kappa shape index (κ3) is 14.3. The molecule has 0 aromatic carbocycles. The molecule has 0 aromatic heterocycles. The summed E-state index contributed by atoms with van der Waals surface area (Å²) in [5.41, 5.74) is 0. The maximum atomic E-state index is 11.8. The molecular weight excluding hydrogens is 367 g/mol. The summed E-state index contributed by atoms with van der Waals surface area (Å²) in [6.45, 7) is 8.06. The van der Waals surface area contributed by atoms with Crippen molar-refractivity contribution in [3.8, 4) is 0 Å². The molecule has 0 rings (SSSR count). The molecule has 21 heavy (non-hydrogen) atoms. The second-order valence-corrected chi connectivity index (χ2v) is 5.96. The van der Waals surface area contributed by atoms with E-state index in [-0.39, 0.29) is 32.0 Å². The summed E-state index contributed by atoms with van der Waals surface area (Å²) >= 11 is 2.94. The Hall–Kier alpha value is -0.430. The van der Waals surface area contributed by atoms with Gasteiger partial charge in [0, 0.05) is 0 Å². The van der Waals surface area contributed by atoms with Crippen molar-refractivity contribution >= 4 is 35.5 Å². The summed E-state index contributed by atoms with van der Waals surface area (Å²) in [7, 11) is -3.28. The van der Waals surface area contributed by atoms with Gasteiger partial charge in [-0.1, -0.05) is 15.9 Å². The van der Waals surface area contributed by atoms with E-state index in [2.05, 4.69) is 25.4 Å². The van der Waals surface area contributed by atoms with Gasteiger partial charge in [0.05, 0.1) is 26.4 Å². The summed E-state index contributed by atoms with van der Waals surface area (Å²) < 4.78 is 30.8. The van der Waals surface area contributed by atoms with Gasteiger partial charge in [-0.25, -0.2) is 0 Å². The van der Waals surface area contributed by atoms with Gasteiger partial charge >= 0.3 is 19.5 Å². The Labute approximate surface area is 134 Å². The Kier molecular flexibility index (Phi) is 15.8. The summed E-state index contributed by atoms with van der Waals surface area (Å²) in [5.74, 6) is -0.764. The number of carbonyl (C=O) groups is 2. The average molecular weight is 391 g/mol. The van der Waals surface area contributed by atoms with E-state index in [1.165, 1.54) is 0 Å². The van der Waals surface area contributed by atoms with Crippen LogP contribution < -0.4 is 0 Å². The summed E-state index contributed by atoms with van der Waals surface area (Å²) in [5, 5.41) is 0.292. The van der Waals surface area contributed by atoms with Gasteiger partial charge in [-0.2, -0.15) is 0 Å². The van der Waals surface area contributed by atoms with Crippen LogP contribution in [0.5, 0.6) is 0 Å². The van der Waals surface area contributed by atoms with Gasteiger partial charge in [0.25, 0.3) is 0 Å². The van der Waals surface area contributed by atoms with Crippen LogP contribution in [0.4, 0.5) is 0 Å². The summed E-state index contributed by atoms with van der Waals surface area (Å²) in [4.78, 5) is 21.2. The first kappa shape index (κ1) is 22.8. The molecule has 0 heterocycles. The van der Waals surface area contributed by atoms with Gasteiger partial charge in [-0.3, -0.25) is 14.2 Å². The highest BCUT2D eigenvalue weighted by Crippen LogP contribution is 2.47. The highest BCUT2D eigenvalue weighted by Gasteiger charge is 2.28. The quantitative estimate of drug-likeness (QED) is 0.339. The van der Waals surface area contributed by atoms with E-state index in [9.17, 15) is 14.2 Å². The first-order valence-corrected chi connectivity index (χ1v) is 9.49. The summed E-state index contributed by atoms with van der Waals surface area (Å²) in [6.07, 6.45) is -0.317. The lowest BCUT2D eigenvalue weighted by atomic mass is 10.8. The van der Waals surface area contributed by atoms with E-state index >= 15 is 0 Å². The van der Waals surface area contributed by atoms with Gasteiger partial charge in [0.1, 0.15) is 11.5 Å². The number of alkyl halides is 1. The van der Waals surface area contributed by atoms with Crippen LogP contribution in [0.1, 0.15) is 27.7 Å². The number of hydrogen-bond donors (Lipinski definition) is 0. The maximum Gasteiger partial charge on any atom is 0.341 e. The lowest BCUT2D eigenvalue weighted by molar-refractivity contribution is -0.141. The Morgan fingerprint density at radius 1 is 0.857 bits per heavy atom. The molecule has 0 unspecified atom stereocenters. The molecule has 0 amide bonds. The standard InChI is InChI=1S/C8H17O5P.C4H7BrO2/c1-4-11-8(9)7-14(10,12-5-2)13-6-3;1-2-7-4(6)3-5/h4-7H2,1-3H3;2-3H2,1H3. The minimum absolute atomic E-state index is 0.206. The predicted molar refractivity (Wildman–Crippen MR) is 82.8 cm³/mol. The second-order valence-electron chi connectivity index (χ2n) is 3.35. The highest BCUT2D eigenvalue weighted by molar-refractivity contribution is 9.09. The average Bonchev–Trinajstić information content (AvgIpc) is 2.40. The highest BCUT2D eigenvalue weighted by atomic mass is 79.9. The predicted octanol–water partition coefficient (Wildman–Crippen LogP) is 2.76. The zero-order valence-corrected chi connectivity index (χ0v) is 15.4. The maximum absolute atomic E-state index is 11.8. The van der Waals surface area contributed by atoms with E-state index in [4.69, 9.17) is 9.05 Å². The molecule has 0 saturated heterocycles. The van der Waals surface area contributed by atoms with Crippen molar-refractivity contribution in [1.82, 2.24) is 0 Å². The monoisotopic (exact) mass is 390 g/mol. The third-order valence-corrected chi connectivity index (χ3v) is 4.10. The van der Waals surface area contributed by atoms with Crippen LogP contribution in [0.15, 0.2) is 0 Å². The molecule has 0 aliphatic heterocycles. The molecule has 0 N–H and O–H groups in total. The van der Waals surface area contributed by atoms with Crippen molar-refractivity contribution < 1.29 is 32.7 Å². The third-order valence-electron chi connectivity index (χ3n) is 1.69. The minimum Gasteiger partial charge on any atom is -0.466 e. The molecule has 0 spiro atoms. The number of halogens is 1. The van der Waals surface area contributed by atoms with Crippen molar-refractivity contribution in [3.05, 3.63) is 0 Å². The van der Waals surface area contributed by atoms with Gasteiger partial charge in [0.15, 0.2) is 0 Å². The molecule has 126 valence electrons. The van der Waals surface area contributed by atoms with Crippen molar-refractivity contribution in [3.63, 3.8) is 0 Å². The van der Waals surface area contributed by atoms with Crippen LogP contribution in [-0.2, 0) is 32.7 Å². The van der Waals surface area contributed by atoms with Crippen LogP contribution in [0.3, 0.4) is 0 Å². The number of ether oxygens (including phenoxy) is 2. The fourth-order valence-corrected chi connectivity index (χ4v) is 2.70. The van der Waals surface area contributed by atoms with Crippen LogP contribution >= 0.6 is 23.5 Å². The molecule has 0 bridgehead atoms. The molecule has 0 aliphatic carbocycles. The van der Waals surface area contributed by atoms with Gasteiger partial charge in [0.2, 0.25) is 0 Å². The Morgan fingerprint density at radius 2 is 1.29 bits per heavy atom. The number of esters is 2. The van der Waals surface area contributed by atoms with Crippen LogP contribution in [0, 0.1) is 0 Å². The molecule has 9 heteroatoms. The van der Waals surface area contributed by atoms with E-state index in [1.807, 2.05) is 0 Å². The first-order chi connectivity index (χ1) is 9.88. The summed E-state index contributed by atoms with van der Waals surface area (Å²) in [6, 6.07) is 0. The molecular formula is C12H24BrO7P. The largest absolute Gasteiger partial charge is 0.466 e. The normalized spacial score (nSPS) is 10.3. The number of rotatable bonds is 9. The van der Waals surface area contributed by atoms with Crippen LogP contribution in [0.2, 0.25) is 0 Å². The Bertz CT molecular complexity index is 326. The Morgan fingerprint density at radius 3 is 1.57 bits per heavy atom. The fraction of sp³-hybridized carbons (Fsp3) is 0.833. The molecule has 0 radical (unpaired) electrons. The fourth-order valence-electron chi connectivity index (χ4n) is 1.09. The number of hydrogen-bond acceptors (Lipinski definition) is 7. The Balaban J connectivity index is 0. The smallest absolute Gasteiger partial charge is 0.341 e. The van der Waals surface area contributed by atoms with Gasteiger partial charge in [-0.15, -0.1) is 0 Å². The zero-order valence-electron chi connectivity index (χ0n) is 12.9. The molecule has 0 aromatic rings. The van der Waals surface area contributed by atoms with Gasteiger partial charge in [-0.05, 0) is 27.7 Å². The van der Waals surface area contributed by atoms with Gasteiger partial charge < -0.3 is 18.5 Å². The lowest BCUT2D eigenvalue weighted by Gasteiger charge is -2.15. The molecule has 7 nitrogen and oxygen atoms in total. The number of carbonyl (C=O) groups excluding carboxylic acids is 2. The molecule has 0 atom stereocenters.